The highest BCUT2D eigenvalue weighted by Crippen LogP contribution is 2.30. The summed E-state index contributed by atoms with van der Waals surface area (Å²) in [5.74, 6) is 0.848. The molecule has 1 aliphatic rings. The Morgan fingerprint density at radius 3 is 2.92 bits per heavy atom. The maximum Gasteiger partial charge on any atom is 0.255 e. The Hall–Kier alpha value is -2.40. The third kappa shape index (κ3) is 3.41. The normalized spacial score (nSPS) is 12.6. The number of carbonyl (C=O) groups is 1. The zero-order valence-electron chi connectivity index (χ0n) is 13.9. The second-order valence-electron chi connectivity index (χ2n) is 5.90. The van der Waals surface area contributed by atoms with Crippen molar-refractivity contribution < 1.29 is 14.6 Å². The highest BCUT2D eigenvalue weighted by molar-refractivity contribution is 5.95. The Morgan fingerprint density at radius 1 is 1.25 bits per heavy atom. The molecule has 0 bridgehead atoms. The molecule has 2 heterocycles. The maximum atomic E-state index is 12.7. The van der Waals surface area contributed by atoms with E-state index in [-0.39, 0.29) is 12.5 Å². The summed E-state index contributed by atoms with van der Waals surface area (Å²) in [5, 5.41) is 9.16. The third-order valence-electron chi connectivity index (χ3n) is 4.16. The van der Waals surface area contributed by atoms with Gasteiger partial charge in [-0.05, 0) is 35.7 Å². The smallest absolute Gasteiger partial charge is 0.255 e. The van der Waals surface area contributed by atoms with E-state index in [1.165, 1.54) is 5.56 Å². The first-order chi connectivity index (χ1) is 11.7. The second kappa shape index (κ2) is 7.45. The molecule has 0 spiro atoms. The van der Waals surface area contributed by atoms with Gasteiger partial charge in [0.2, 0.25) is 0 Å². The number of nitrogens with zero attached hydrogens (tertiary/aromatic N) is 2. The standard InChI is InChI=1S/C19H22N2O3/c1-2-6-21(7-8-22)19(23)17-11-16(12-20-13-17)14-3-4-18-15(10-14)5-9-24-18/h3-4,10-13,22H,2,5-9H2,1H3. The predicted molar refractivity (Wildman–Crippen MR) is 92.2 cm³/mol. The third-order valence-corrected chi connectivity index (χ3v) is 4.16. The summed E-state index contributed by atoms with van der Waals surface area (Å²) in [4.78, 5) is 18.6. The SMILES string of the molecule is CCCN(CCO)C(=O)c1cncc(-c2ccc3c(c2)CCO3)c1. The summed E-state index contributed by atoms with van der Waals surface area (Å²) < 4.78 is 5.54. The van der Waals surface area contributed by atoms with Gasteiger partial charge in [0.15, 0.2) is 0 Å². The van der Waals surface area contributed by atoms with Crippen LogP contribution in [0.5, 0.6) is 5.75 Å². The molecular weight excluding hydrogens is 304 g/mol. The summed E-state index contributed by atoms with van der Waals surface area (Å²) in [5.41, 5.74) is 3.69. The molecule has 0 atom stereocenters. The van der Waals surface area contributed by atoms with Crippen LogP contribution in [0.15, 0.2) is 36.7 Å². The van der Waals surface area contributed by atoms with Gasteiger partial charge in [-0.2, -0.15) is 0 Å². The van der Waals surface area contributed by atoms with Crippen molar-refractivity contribution in [3.8, 4) is 16.9 Å². The van der Waals surface area contributed by atoms with Crippen molar-refractivity contribution in [1.82, 2.24) is 9.88 Å². The number of aliphatic hydroxyl groups is 1. The topological polar surface area (TPSA) is 62.7 Å². The first-order valence-corrected chi connectivity index (χ1v) is 8.34. The molecule has 0 unspecified atom stereocenters. The number of hydrogen-bond donors (Lipinski definition) is 1. The molecule has 1 aromatic carbocycles. The molecule has 0 saturated heterocycles. The van der Waals surface area contributed by atoms with Crippen LogP contribution >= 0.6 is 0 Å². The first kappa shape index (κ1) is 16.5. The van der Waals surface area contributed by atoms with Gasteiger partial charge in [-0.3, -0.25) is 9.78 Å². The van der Waals surface area contributed by atoms with Gasteiger partial charge >= 0.3 is 0 Å². The van der Waals surface area contributed by atoms with Crippen molar-refractivity contribution in [3.05, 3.63) is 47.8 Å². The zero-order chi connectivity index (χ0) is 16.9. The molecule has 3 rings (SSSR count). The lowest BCUT2D eigenvalue weighted by Gasteiger charge is -2.21. The van der Waals surface area contributed by atoms with Crippen LogP contribution in [0.3, 0.4) is 0 Å². The molecule has 0 radical (unpaired) electrons. The monoisotopic (exact) mass is 326 g/mol. The fourth-order valence-corrected chi connectivity index (χ4v) is 2.97. The Bertz CT molecular complexity index is 724. The lowest BCUT2D eigenvalue weighted by molar-refractivity contribution is 0.0721. The summed E-state index contributed by atoms with van der Waals surface area (Å²) in [6, 6.07) is 7.94. The number of amides is 1. The lowest BCUT2D eigenvalue weighted by Crippen LogP contribution is -2.34. The largest absolute Gasteiger partial charge is 0.493 e. The van der Waals surface area contributed by atoms with Gasteiger partial charge in [0.05, 0.1) is 18.8 Å². The number of rotatable bonds is 6. The van der Waals surface area contributed by atoms with Gasteiger partial charge in [0.1, 0.15) is 5.75 Å². The Balaban J connectivity index is 1.87. The van der Waals surface area contributed by atoms with E-state index < -0.39 is 0 Å². The van der Waals surface area contributed by atoms with E-state index in [4.69, 9.17) is 9.84 Å². The van der Waals surface area contributed by atoms with Crippen molar-refractivity contribution in [3.63, 3.8) is 0 Å². The summed E-state index contributed by atoms with van der Waals surface area (Å²) >= 11 is 0. The van der Waals surface area contributed by atoms with Crippen LogP contribution in [0.4, 0.5) is 0 Å². The van der Waals surface area contributed by atoms with Gasteiger partial charge in [0.25, 0.3) is 5.91 Å². The molecule has 1 aliphatic heterocycles. The molecule has 5 heteroatoms. The van der Waals surface area contributed by atoms with Crippen molar-refractivity contribution in [2.75, 3.05) is 26.3 Å². The minimum Gasteiger partial charge on any atom is -0.493 e. The van der Waals surface area contributed by atoms with E-state index >= 15 is 0 Å². The van der Waals surface area contributed by atoms with Gasteiger partial charge in [0, 0.05) is 37.5 Å². The number of pyridine rings is 1. The average molecular weight is 326 g/mol. The molecule has 24 heavy (non-hydrogen) atoms. The molecule has 0 fully saturated rings. The summed E-state index contributed by atoms with van der Waals surface area (Å²) in [7, 11) is 0. The quantitative estimate of drug-likeness (QED) is 0.886. The number of carbonyl (C=O) groups excluding carboxylic acids is 1. The van der Waals surface area contributed by atoms with Crippen molar-refractivity contribution in [2.45, 2.75) is 19.8 Å². The molecule has 5 nitrogen and oxygen atoms in total. The molecular formula is C19H22N2O3. The number of aromatic nitrogens is 1. The summed E-state index contributed by atoms with van der Waals surface area (Å²) in [6.45, 7) is 3.66. The van der Waals surface area contributed by atoms with E-state index in [9.17, 15) is 4.79 Å². The minimum absolute atomic E-state index is 0.0380. The minimum atomic E-state index is -0.0928. The van der Waals surface area contributed by atoms with Gasteiger partial charge in [-0.15, -0.1) is 0 Å². The van der Waals surface area contributed by atoms with Gasteiger partial charge in [-0.25, -0.2) is 0 Å². The number of aliphatic hydroxyl groups excluding tert-OH is 1. The van der Waals surface area contributed by atoms with Gasteiger partial charge < -0.3 is 14.7 Å². The van der Waals surface area contributed by atoms with Crippen LogP contribution < -0.4 is 4.74 Å². The van der Waals surface area contributed by atoms with Crippen LogP contribution in [-0.2, 0) is 6.42 Å². The molecule has 2 aromatic rings. The fourth-order valence-electron chi connectivity index (χ4n) is 2.97. The van der Waals surface area contributed by atoms with E-state index in [1.54, 1.807) is 17.3 Å². The molecule has 0 saturated carbocycles. The van der Waals surface area contributed by atoms with Crippen molar-refractivity contribution in [1.29, 1.82) is 0 Å². The van der Waals surface area contributed by atoms with Gasteiger partial charge in [-0.1, -0.05) is 13.0 Å². The summed E-state index contributed by atoms with van der Waals surface area (Å²) in [6.07, 6.45) is 5.12. The van der Waals surface area contributed by atoms with Crippen molar-refractivity contribution >= 4 is 5.91 Å². The second-order valence-corrected chi connectivity index (χ2v) is 5.90. The molecule has 1 aromatic heterocycles. The highest BCUT2D eigenvalue weighted by Gasteiger charge is 2.17. The van der Waals surface area contributed by atoms with Crippen molar-refractivity contribution in [2.24, 2.45) is 0 Å². The molecule has 1 N–H and O–H groups in total. The van der Waals surface area contributed by atoms with Crippen LogP contribution in [0, 0.1) is 0 Å². The molecule has 0 aliphatic carbocycles. The Morgan fingerprint density at radius 2 is 2.12 bits per heavy atom. The van der Waals surface area contributed by atoms with Crippen LogP contribution in [-0.4, -0.2) is 47.2 Å². The predicted octanol–water partition coefficient (Wildman–Crippen LogP) is 2.53. The Labute approximate surface area is 141 Å². The number of fused-ring (bicyclic) bond motifs is 1. The average Bonchev–Trinajstić information content (AvgIpc) is 3.09. The first-order valence-electron chi connectivity index (χ1n) is 8.34. The van der Waals surface area contributed by atoms with E-state index in [2.05, 4.69) is 11.1 Å². The molecule has 126 valence electrons. The van der Waals surface area contributed by atoms with E-state index in [1.807, 2.05) is 25.1 Å². The van der Waals surface area contributed by atoms with E-state index in [0.717, 1.165) is 36.3 Å². The Kier molecular flexibility index (Phi) is 5.11. The number of hydrogen-bond acceptors (Lipinski definition) is 4. The maximum absolute atomic E-state index is 12.7. The fraction of sp³-hybridized carbons (Fsp3) is 0.368. The van der Waals surface area contributed by atoms with Crippen LogP contribution in [0.2, 0.25) is 0 Å². The number of ether oxygens (including phenoxy) is 1. The van der Waals surface area contributed by atoms with Crippen LogP contribution in [0.1, 0.15) is 29.3 Å². The number of benzene rings is 1. The zero-order valence-corrected chi connectivity index (χ0v) is 13.9. The highest BCUT2D eigenvalue weighted by atomic mass is 16.5. The van der Waals surface area contributed by atoms with E-state index in [0.29, 0.717) is 18.7 Å². The molecule has 1 amide bonds. The van der Waals surface area contributed by atoms with Crippen LogP contribution in [0.25, 0.3) is 11.1 Å². The lowest BCUT2D eigenvalue weighted by atomic mass is 10.0.